The van der Waals surface area contributed by atoms with Crippen LogP contribution in [-0.2, 0) is 9.84 Å². The van der Waals surface area contributed by atoms with Crippen LogP contribution in [0.3, 0.4) is 0 Å². The summed E-state index contributed by atoms with van der Waals surface area (Å²) in [5, 5.41) is 2.86. The van der Waals surface area contributed by atoms with E-state index >= 15 is 0 Å². The lowest BCUT2D eigenvalue weighted by atomic mass is 10.1. The zero-order valence-corrected chi connectivity index (χ0v) is 13.7. The van der Waals surface area contributed by atoms with Gasteiger partial charge >= 0.3 is 6.03 Å². The summed E-state index contributed by atoms with van der Waals surface area (Å²) >= 11 is 0. The molecule has 3 rings (SSSR count). The zero-order valence-electron chi connectivity index (χ0n) is 12.9. The summed E-state index contributed by atoms with van der Waals surface area (Å²) in [5.74, 6) is 1.15. The number of urea groups is 1. The van der Waals surface area contributed by atoms with E-state index in [0.717, 1.165) is 0 Å². The standard InChI is InChI=1S/C14H21N5O3S/c20-14(17-10-12-2-9-23(21,22)11-12)19-7-5-18(6-8-19)13-15-3-1-4-16-13/h1,3-4,12H,2,5-11H2,(H,17,20)/t12-/m1/s1. The molecule has 1 N–H and O–H groups in total. The van der Waals surface area contributed by atoms with Gasteiger partial charge in [-0.15, -0.1) is 0 Å². The van der Waals surface area contributed by atoms with Gasteiger partial charge in [-0.3, -0.25) is 0 Å². The van der Waals surface area contributed by atoms with Crippen molar-refractivity contribution in [1.82, 2.24) is 20.2 Å². The van der Waals surface area contributed by atoms with E-state index in [1.165, 1.54) is 0 Å². The Morgan fingerprint density at radius 2 is 1.91 bits per heavy atom. The number of piperazine rings is 1. The Bertz CT molecular complexity index is 644. The van der Waals surface area contributed by atoms with Crippen LogP contribution in [0.15, 0.2) is 18.5 Å². The van der Waals surface area contributed by atoms with Crippen LogP contribution >= 0.6 is 0 Å². The van der Waals surface area contributed by atoms with E-state index in [9.17, 15) is 13.2 Å². The van der Waals surface area contributed by atoms with Crippen LogP contribution < -0.4 is 10.2 Å². The maximum Gasteiger partial charge on any atom is 0.317 e. The number of rotatable bonds is 3. The second kappa shape index (κ2) is 6.69. The maximum absolute atomic E-state index is 12.2. The summed E-state index contributed by atoms with van der Waals surface area (Å²) in [7, 11) is -2.89. The highest BCUT2D eigenvalue weighted by Gasteiger charge is 2.29. The molecule has 0 radical (unpaired) electrons. The molecule has 3 heterocycles. The van der Waals surface area contributed by atoms with Gasteiger partial charge in [0.25, 0.3) is 0 Å². The Balaban J connectivity index is 1.43. The molecule has 0 bridgehead atoms. The maximum atomic E-state index is 12.2. The number of hydrogen-bond donors (Lipinski definition) is 1. The molecule has 2 fully saturated rings. The fourth-order valence-electron chi connectivity index (χ4n) is 2.94. The Kier molecular flexibility index (Phi) is 4.65. The van der Waals surface area contributed by atoms with E-state index in [0.29, 0.717) is 45.1 Å². The Morgan fingerprint density at radius 3 is 2.52 bits per heavy atom. The number of carbonyl (C=O) groups excluding carboxylic acids is 1. The average Bonchev–Trinajstić information content (AvgIpc) is 2.93. The third kappa shape index (κ3) is 4.10. The highest BCUT2D eigenvalue weighted by Crippen LogP contribution is 2.17. The first kappa shape index (κ1) is 16.0. The van der Waals surface area contributed by atoms with Crippen molar-refractivity contribution < 1.29 is 13.2 Å². The Hall–Kier alpha value is -1.90. The van der Waals surface area contributed by atoms with Gasteiger partial charge in [-0.2, -0.15) is 0 Å². The summed E-state index contributed by atoms with van der Waals surface area (Å²) in [5.41, 5.74) is 0. The summed E-state index contributed by atoms with van der Waals surface area (Å²) in [4.78, 5) is 24.4. The normalized spacial score (nSPS) is 23.7. The molecule has 2 aliphatic rings. The first-order valence-corrected chi connectivity index (χ1v) is 9.61. The van der Waals surface area contributed by atoms with E-state index in [2.05, 4.69) is 15.3 Å². The number of nitrogens with zero attached hydrogens (tertiary/aromatic N) is 4. The van der Waals surface area contributed by atoms with Crippen molar-refractivity contribution in [3.05, 3.63) is 18.5 Å². The van der Waals surface area contributed by atoms with Crippen molar-refractivity contribution in [2.24, 2.45) is 5.92 Å². The molecule has 23 heavy (non-hydrogen) atoms. The molecule has 0 spiro atoms. The molecule has 8 nitrogen and oxygen atoms in total. The number of sulfone groups is 1. The van der Waals surface area contributed by atoms with E-state index in [1.54, 1.807) is 23.4 Å². The first-order valence-electron chi connectivity index (χ1n) is 7.79. The summed E-state index contributed by atoms with van der Waals surface area (Å²) in [6, 6.07) is 1.65. The van der Waals surface area contributed by atoms with Crippen molar-refractivity contribution in [3.63, 3.8) is 0 Å². The van der Waals surface area contributed by atoms with Crippen LogP contribution in [0.2, 0.25) is 0 Å². The molecule has 2 amide bonds. The lowest BCUT2D eigenvalue weighted by Gasteiger charge is -2.34. The minimum atomic E-state index is -2.89. The van der Waals surface area contributed by atoms with Gasteiger partial charge in [0.15, 0.2) is 9.84 Å². The highest BCUT2D eigenvalue weighted by molar-refractivity contribution is 7.91. The van der Waals surface area contributed by atoms with Crippen molar-refractivity contribution >= 4 is 21.8 Å². The molecule has 0 saturated carbocycles. The van der Waals surface area contributed by atoms with Crippen molar-refractivity contribution in [2.75, 3.05) is 49.1 Å². The van der Waals surface area contributed by atoms with E-state index in [1.807, 2.05) is 4.90 Å². The van der Waals surface area contributed by atoms with Crippen molar-refractivity contribution in [1.29, 1.82) is 0 Å². The number of hydrogen-bond acceptors (Lipinski definition) is 6. The zero-order chi connectivity index (χ0) is 16.3. The molecule has 0 unspecified atom stereocenters. The van der Waals surface area contributed by atoms with Gasteiger partial charge in [0.05, 0.1) is 11.5 Å². The van der Waals surface area contributed by atoms with Crippen LogP contribution in [0.1, 0.15) is 6.42 Å². The largest absolute Gasteiger partial charge is 0.338 e. The molecule has 1 atom stereocenters. The van der Waals surface area contributed by atoms with Gasteiger partial charge < -0.3 is 15.1 Å². The van der Waals surface area contributed by atoms with E-state index in [4.69, 9.17) is 0 Å². The third-order valence-electron chi connectivity index (χ3n) is 4.27. The van der Waals surface area contributed by atoms with Gasteiger partial charge in [-0.1, -0.05) is 0 Å². The Morgan fingerprint density at radius 1 is 1.22 bits per heavy atom. The number of nitrogens with one attached hydrogen (secondary N) is 1. The number of aromatic nitrogens is 2. The van der Waals surface area contributed by atoms with Gasteiger partial charge in [-0.25, -0.2) is 23.2 Å². The molecule has 0 aliphatic carbocycles. The molecule has 1 aromatic heterocycles. The molecular weight excluding hydrogens is 318 g/mol. The monoisotopic (exact) mass is 339 g/mol. The average molecular weight is 339 g/mol. The summed E-state index contributed by atoms with van der Waals surface area (Å²) in [6.45, 7) is 3.02. The van der Waals surface area contributed by atoms with Crippen molar-refractivity contribution in [2.45, 2.75) is 6.42 Å². The predicted octanol–water partition coefficient (Wildman–Crippen LogP) is -0.257. The van der Waals surface area contributed by atoms with Gasteiger partial charge in [0.2, 0.25) is 5.95 Å². The molecular formula is C14H21N5O3S. The number of carbonyl (C=O) groups is 1. The minimum absolute atomic E-state index is 0.0444. The Labute approximate surface area is 135 Å². The number of anilines is 1. The molecule has 1 aromatic rings. The molecule has 126 valence electrons. The minimum Gasteiger partial charge on any atom is -0.338 e. The molecule has 2 aliphatic heterocycles. The van der Waals surface area contributed by atoms with Gasteiger partial charge in [0.1, 0.15) is 0 Å². The lowest BCUT2D eigenvalue weighted by Crippen LogP contribution is -2.52. The third-order valence-corrected chi connectivity index (χ3v) is 6.11. The SMILES string of the molecule is O=C(NC[C@H]1CCS(=O)(=O)C1)N1CCN(c2ncccn2)CC1. The second-order valence-electron chi connectivity index (χ2n) is 5.98. The molecule has 9 heteroatoms. The quantitative estimate of drug-likeness (QED) is 0.815. The second-order valence-corrected chi connectivity index (χ2v) is 8.21. The van der Waals surface area contributed by atoms with Gasteiger partial charge in [-0.05, 0) is 18.4 Å². The van der Waals surface area contributed by atoms with Crippen LogP contribution in [0.5, 0.6) is 0 Å². The van der Waals surface area contributed by atoms with Crippen LogP contribution in [0, 0.1) is 5.92 Å². The van der Waals surface area contributed by atoms with Gasteiger partial charge in [0, 0.05) is 45.1 Å². The van der Waals surface area contributed by atoms with Crippen LogP contribution in [0.4, 0.5) is 10.7 Å². The van der Waals surface area contributed by atoms with Crippen LogP contribution in [-0.4, -0.2) is 73.5 Å². The lowest BCUT2D eigenvalue weighted by molar-refractivity contribution is 0.192. The van der Waals surface area contributed by atoms with Crippen molar-refractivity contribution in [3.8, 4) is 0 Å². The highest BCUT2D eigenvalue weighted by atomic mass is 32.2. The molecule has 2 saturated heterocycles. The topological polar surface area (TPSA) is 95.5 Å². The fourth-order valence-corrected chi connectivity index (χ4v) is 4.80. The smallest absolute Gasteiger partial charge is 0.317 e. The fraction of sp³-hybridized carbons (Fsp3) is 0.643. The predicted molar refractivity (Wildman–Crippen MR) is 86.0 cm³/mol. The van der Waals surface area contributed by atoms with Crippen LogP contribution in [0.25, 0.3) is 0 Å². The number of amides is 2. The summed E-state index contributed by atoms with van der Waals surface area (Å²) < 4.78 is 22.8. The first-order chi connectivity index (χ1) is 11.0. The van der Waals surface area contributed by atoms with E-state index in [-0.39, 0.29) is 23.5 Å². The van der Waals surface area contributed by atoms with E-state index < -0.39 is 9.84 Å². The summed E-state index contributed by atoms with van der Waals surface area (Å²) in [6.07, 6.45) is 4.05. The molecule has 0 aromatic carbocycles.